The first-order chi connectivity index (χ1) is 60.6. The Balaban J connectivity index is 0.000000118. The molecule has 0 bridgehead atoms. The molecule has 0 N–H and O–H groups in total. The number of hydrogen-bond donors (Lipinski definition) is 0. The lowest BCUT2D eigenvalue weighted by atomic mass is 9.97. The summed E-state index contributed by atoms with van der Waals surface area (Å²) in [7, 11) is 0. The summed E-state index contributed by atoms with van der Waals surface area (Å²) < 4.78 is 11.2. The number of benzene rings is 17. The van der Waals surface area contributed by atoms with Gasteiger partial charge in [-0.2, -0.15) is 0 Å². The van der Waals surface area contributed by atoms with Gasteiger partial charge < -0.3 is 28.6 Å². The fourth-order valence-electron chi connectivity index (χ4n) is 17.6. The van der Waals surface area contributed by atoms with E-state index in [0.717, 1.165) is 33.3 Å². The van der Waals surface area contributed by atoms with Crippen LogP contribution in [0.3, 0.4) is 0 Å². The van der Waals surface area contributed by atoms with Gasteiger partial charge in [0.25, 0.3) is 0 Å². The maximum Gasteiger partial charge on any atom is 0.137 e. The minimum atomic E-state index is -0.106. The molecule has 0 unspecified atom stereocenters. The van der Waals surface area contributed by atoms with Crippen LogP contribution in [0.5, 0.6) is 0 Å². The molecule has 0 aliphatic carbocycles. The van der Waals surface area contributed by atoms with Gasteiger partial charge in [0.1, 0.15) is 11.2 Å². The summed E-state index contributed by atoms with van der Waals surface area (Å²) in [6.45, 7) is 27.1. The first-order valence-electron chi connectivity index (χ1n) is 43.4. The Morgan fingerprint density at radius 3 is 0.968 bits per heavy atom. The number of furan rings is 1. The van der Waals surface area contributed by atoms with Gasteiger partial charge in [0, 0.05) is 127 Å². The van der Waals surface area contributed by atoms with Crippen LogP contribution in [0.15, 0.2) is 435 Å². The fraction of sp³-hybridized carbons (Fsp3) is 0.136. The van der Waals surface area contributed by atoms with Crippen LogP contribution in [0.2, 0.25) is 0 Å². The molecular weight excluding hydrogens is 1540 g/mol. The summed E-state index contributed by atoms with van der Waals surface area (Å²) in [4.78, 5) is 9.68. The van der Waals surface area contributed by atoms with Gasteiger partial charge in [0.15, 0.2) is 0 Å². The van der Waals surface area contributed by atoms with Crippen molar-refractivity contribution in [1.29, 1.82) is 0 Å². The molecule has 3 heterocycles. The highest BCUT2D eigenvalue weighted by Gasteiger charge is 2.30. The molecule has 125 heavy (non-hydrogen) atoms. The first-order valence-corrected chi connectivity index (χ1v) is 44.3. The molecule has 0 atom stereocenters. The van der Waals surface area contributed by atoms with E-state index in [0.29, 0.717) is 0 Å². The standard InChI is InChI=1S/C34H30N2.C28H25NO.C28H25NS.C28H27N/c1-34(2,3)36(28-20-18-26(19-21-28)25-12-6-4-7-13-25)29-22-23-31-30-16-10-11-17-32(30)35(33(31)24-29)27-14-8-5-9-15-27;2*1-28(2,3)29(22-15-13-21(14-16-22)20-9-5-4-6-10-20)23-17-18-25-24-11-7-8-12-26(24)30-27(25)19-23;1-28(2,3)29(25-20-18-23(19-21-25)22-12-6-4-7-13-22)27-17-11-10-16-26(27)24-14-8-5-9-15-24/h4-24H,1-3H3;2*4-19H,1-3H3;4-21H,1-3H3. The first kappa shape index (κ1) is 83.0. The van der Waals surface area contributed by atoms with E-state index in [9.17, 15) is 0 Å². The van der Waals surface area contributed by atoms with Gasteiger partial charge in [-0.05, 0) is 254 Å². The van der Waals surface area contributed by atoms with Gasteiger partial charge >= 0.3 is 0 Å². The van der Waals surface area contributed by atoms with Crippen LogP contribution >= 0.6 is 11.3 Å². The Hall–Kier alpha value is -14.2. The van der Waals surface area contributed by atoms with E-state index >= 15 is 0 Å². The highest BCUT2D eigenvalue weighted by atomic mass is 32.1. The van der Waals surface area contributed by atoms with Crippen molar-refractivity contribution >= 4 is 121 Å². The molecule has 0 aliphatic rings. The lowest BCUT2D eigenvalue weighted by molar-refractivity contribution is 0.560. The molecular formula is C118H107N5OS. The third kappa shape index (κ3) is 18.2. The number of hydrogen-bond acceptors (Lipinski definition) is 6. The minimum absolute atomic E-state index is 0.0430. The van der Waals surface area contributed by atoms with Crippen LogP contribution in [0, 0.1) is 0 Å². The normalized spacial score (nSPS) is 11.7. The molecule has 6 nitrogen and oxygen atoms in total. The fourth-order valence-corrected chi connectivity index (χ4v) is 18.7. The summed E-state index contributed by atoms with van der Waals surface area (Å²) in [5.41, 5.74) is 27.0. The molecule has 0 fully saturated rings. The van der Waals surface area contributed by atoms with Crippen molar-refractivity contribution in [3.63, 3.8) is 0 Å². The van der Waals surface area contributed by atoms with Crippen molar-refractivity contribution in [2.45, 2.75) is 105 Å². The Morgan fingerprint density at radius 2 is 0.512 bits per heavy atom. The number of rotatable bonds is 14. The monoisotopic (exact) mass is 1640 g/mol. The van der Waals surface area contributed by atoms with E-state index in [1.807, 2.05) is 29.5 Å². The molecule has 3 aromatic heterocycles. The van der Waals surface area contributed by atoms with Crippen molar-refractivity contribution in [3.05, 3.63) is 431 Å². The van der Waals surface area contributed by atoms with Crippen molar-refractivity contribution in [2.24, 2.45) is 0 Å². The topological polar surface area (TPSA) is 31.0 Å². The molecule has 20 aromatic rings. The molecule has 0 saturated heterocycles. The number of thiophene rings is 1. The molecule has 616 valence electrons. The summed E-state index contributed by atoms with van der Waals surface area (Å²) in [6, 6.07) is 154. The summed E-state index contributed by atoms with van der Waals surface area (Å²) in [6.07, 6.45) is 0. The molecule has 0 radical (unpaired) electrons. The second-order valence-corrected chi connectivity index (χ2v) is 37.1. The molecule has 20 rings (SSSR count). The van der Waals surface area contributed by atoms with Gasteiger partial charge in [-0.25, -0.2) is 0 Å². The van der Waals surface area contributed by atoms with Crippen molar-refractivity contribution in [3.8, 4) is 61.3 Å². The maximum absolute atomic E-state index is 6.14. The summed E-state index contributed by atoms with van der Waals surface area (Å²) >= 11 is 1.87. The van der Waals surface area contributed by atoms with E-state index in [2.05, 4.69) is 520 Å². The summed E-state index contributed by atoms with van der Waals surface area (Å²) in [5.74, 6) is 0. The van der Waals surface area contributed by atoms with Crippen LogP contribution in [-0.4, -0.2) is 26.7 Å². The number of fused-ring (bicyclic) bond motifs is 9. The Bertz CT molecular complexity index is 6810. The Morgan fingerprint density at radius 1 is 0.208 bits per heavy atom. The predicted molar refractivity (Wildman–Crippen MR) is 541 cm³/mol. The Kier molecular flexibility index (Phi) is 23.7. The van der Waals surface area contributed by atoms with Crippen LogP contribution in [0.4, 0.5) is 45.5 Å². The van der Waals surface area contributed by atoms with Crippen LogP contribution < -0.4 is 19.6 Å². The van der Waals surface area contributed by atoms with E-state index < -0.39 is 0 Å². The second-order valence-electron chi connectivity index (χ2n) is 36.0. The smallest absolute Gasteiger partial charge is 0.137 e. The quantitative estimate of drug-likeness (QED) is 0.108. The van der Waals surface area contributed by atoms with E-state index in [4.69, 9.17) is 4.42 Å². The molecule has 17 aromatic carbocycles. The van der Waals surface area contributed by atoms with Gasteiger partial charge in [0.05, 0.1) is 11.0 Å². The van der Waals surface area contributed by atoms with Gasteiger partial charge in [0.2, 0.25) is 0 Å². The SMILES string of the molecule is CC(C)(C)N(c1ccc(-c2ccccc2)cc1)c1ccc2c(c1)oc1ccccc12.CC(C)(C)N(c1ccc(-c2ccccc2)cc1)c1ccc2c(c1)sc1ccccc12.CC(C)(C)N(c1ccc(-c2ccccc2)cc1)c1ccc2c3ccccc3n(-c3ccccc3)c2c1.CC(C)(C)N(c1ccc(-c2ccccc2)cc1)c1ccccc1-c1ccccc1. The maximum atomic E-state index is 6.14. The van der Waals surface area contributed by atoms with Crippen molar-refractivity contribution < 1.29 is 4.42 Å². The van der Waals surface area contributed by atoms with Crippen molar-refractivity contribution in [1.82, 2.24) is 4.57 Å². The van der Waals surface area contributed by atoms with Gasteiger partial charge in [-0.3, -0.25) is 0 Å². The lowest BCUT2D eigenvalue weighted by Crippen LogP contribution is -2.37. The number of nitrogens with zero attached hydrogens (tertiary/aromatic N) is 5. The van der Waals surface area contributed by atoms with Crippen molar-refractivity contribution in [2.75, 3.05) is 19.6 Å². The van der Waals surface area contributed by atoms with E-state index in [-0.39, 0.29) is 22.2 Å². The molecule has 0 spiro atoms. The second kappa shape index (κ2) is 35.7. The van der Waals surface area contributed by atoms with Crippen LogP contribution in [-0.2, 0) is 0 Å². The van der Waals surface area contributed by atoms with E-state index in [1.54, 1.807) is 0 Å². The molecule has 0 amide bonds. The largest absolute Gasteiger partial charge is 0.456 e. The zero-order chi connectivity index (χ0) is 86.4. The van der Waals surface area contributed by atoms with Crippen LogP contribution in [0.25, 0.3) is 125 Å². The van der Waals surface area contributed by atoms with Gasteiger partial charge in [-0.1, -0.05) is 303 Å². The highest BCUT2D eigenvalue weighted by Crippen LogP contribution is 2.46. The third-order valence-corrected chi connectivity index (χ3v) is 24.1. The minimum Gasteiger partial charge on any atom is -0.456 e. The Labute approximate surface area is 741 Å². The molecule has 0 saturated carbocycles. The third-order valence-electron chi connectivity index (χ3n) is 23.0. The number of anilines is 8. The van der Waals surface area contributed by atoms with E-state index in [1.165, 1.54) is 137 Å². The highest BCUT2D eigenvalue weighted by molar-refractivity contribution is 7.25. The molecule has 0 aliphatic heterocycles. The average molecular weight is 1640 g/mol. The zero-order valence-electron chi connectivity index (χ0n) is 73.5. The molecule has 7 heteroatoms. The summed E-state index contributed by atoms with van der Waals surface area (Å²) in [5, 5.41) is 7.55. The average Bonchev–Trinajstić information content (AvgIpc) is 1.61. The number of aromatic nitrogens is 1. The zero-order valence-corrected chi connectivity index (χ0v) is 74.4. The van der Waals surface area contributed by atoms with Gasteiger partial charge in [-0.15, -0.1) is 11.3 Å². The predicted octanol–water partition coefficient (Wildman–Crippen LogP) is 34.2. The number of para-hydroxylation sites is 4. The lowest BCUT2D eigenvalue weighted by Gasteiger charge is -2.39. The van der Waals surface area contributed by atoms with Crippen LogP contribution in [0.1, 0.15) is 83.1 Å².